The fourth-order valence-corrected chi connectivity index (χ4v) is 5.54. The van der Waals surface area contributed by atoms with Crippen molar-refractivity contribution in [3.63, 3.8) is 0 Å². The average Bonchev–Trinajstić information content (AvgIpc) is 2.74. The molecule has 0 unspecified atom stereocenters. The van der Waals surface area contributed by atoms with Crippen LogP contribution in [0.25, 0.3) is 0 Å². The molecule has 0 N–H and O–H groups in total. The first-order valence-corrected chi connectivity index (χ1v) is 6.84. The van der Waals surface area contributed by atoms with Crippen LogP contribution in [0.2, 0.25) is 0 Å². The molecule has 0 heterocycles. The lowest BCUT2D eigenvalue weighted by atomic mass is 10.0. The largest absolute Gasteiger partial charge is 0.131 e. The van der Waals surface area contributed by atoms with Gasteiger partial charge in [0.25, 0.3) is 0 Å². The molecule has 1 aliphatic rings. The van der Waals surface area contributed by atoms with E-state index in [-0.39, 0.29) is 5.06 Å². The van der Waals surface area contributed by atoms with E-state index in [0.717, 1.165) is 6.06 Å². The maximum Gasteiger partial charge on any atom is 0.131 e. The zero-order chi connectivity index (χ0) is 8.54. The molecule has 1 saturated carbocycles. The van der Waals surface area contributed by atoms with E-state index in [9.17, 15) is 0 Å². The molecule has 0 nitrogen and oxygen atoms in total. The van der Waals surface area contributed by atoms with Gasteiger partial charge in [0.2, 0.25) is 0 Å². The Kier molecular flexibility index (Phi) is 2.74. The molecule has 11 heavy (non-hydrogen) atoms. The van der Waals surface area contributed by atoms with Crippen molar-refractivity contribution in [1.82, 2.24) is 0 Å². The van der Waals surface area contributed by atoms with Crippen molar-refractivity contribution in [3.8, 4) is 0 Å². The Morgan fingerprint density at radius 3 is 1.82 bits per heavy atom. The van der Waals surface area contributed by atoms with Crippen LogP contribution in [-0.4, -0.2) is 39.1 Å². The van der Waals surface area contributed by atoms with Crippen molar-refractivity contribution >= 4 is 23.0 Å². The minimum Gasteiger partial charge on any atom is -0.0312 e. The van der Waals surface area contributed by atoms with Crippen LogP contribution in [0.1, 0.15) is 26.7 Å². The summed E-state index contributed by atoms with van der Waals surface area (Å²) in [6.45, 7) is 4.49. The van der Waals surface area contributed by atoms with E-state index in [1.165, 1.54) is 25.2 Å². The van der Waals surface area contributed by atoms with Crippen molar-refractivity contribution in [2.45, 2.75) is 31.7 Å². The van der Waals surface area contributed by atoms with Gasteiger partial charge in [0.05, 0.1) is 12.3 Å². The highest BCUT2D eigenvalue weighted by atomic mass is 31.2. The molecule has 4 radical (unpaired) electrons. The summed E-state index contributed by atoms with van der Waals surface area (Å²) >= 11 is 0. The SMILES string of the molecule is [B]C[P+](CC)(CC)C1([B])CC1. The average molecular weight is 165 g/mol. The predicted molar refractivity (Wildman–Crippen MR) is 56.3 cm³/mol. The summed E-state index contributed by atoms with van der Waals surface area (Å²) < 4.78 is 0. The van der Waals surface area contributed by atoms with Crippen molar-refractivity contribution < 1.29 is 0 Å². The Morgan fingerprint density at radius 2 is 1.73 bits per heavy atom. The second-order valence-electron chi connectivity index (χ2n) is 3.56. The second-order valence-corrected chi connectivity index (χ2v) is 8.37. The third kappa shape index (κ3) is 1.39. The summed E-state index contributed by atoms with van der Waals surface area (Å²) in [6, 6.07) is 0.858. The lowest BCUT2D eigenvalue weighted by Crippen LogP contribution is -2.22. The molecule has 0 aromatic rings. The van der Waals surface area contributed by atoms with E-state index >= 15 is 0 Å². The molecule has 3 heteroatoms. The van der Waals surface area contributed by atoms with Gasteiger partial charge in [-0.2, -0.15) is 0 Å². The first-order chi connectivity index (χ1) is 5.14. The summed E-state index contributed by atoms with van der Waals surface area (Å²) in [4.78, 5) is 0. The maximum atomic E-state index is 6.23. The van der Waals surface area contributed by atoms with E-state index in [0.29, 0.717) is 0 Å². The summed E-state index contributed by atoms with van der Waals surface area (Å²) in [7, 11) is 11.1. The number of rotatable bonds is 4. The molecule has 0 saturated heterocycles. The lowest BCUT2D eigenvalue weighted by Gasteiger charge is -2.31. The third-order valence-corrected chi connectivity index (χ3v) is 8.72. The molecule has 0 aromatic heterocycles. The van der Waals surface area contributed by atoms with Gasteiger partial charge in [0.15, 0.2) is 0 Å². The molecule has 58 valence electrons. The zero-order valence-electron chi connectivity index (χ0n) is 7.64. The monoisotopic (exact) mass is 165 g/mol. The van der Waals surface area contributed by atoms with Crippen molar-refractivity contribution in [3.05, 3.63) is 0 Å². The Bertz CT molecular complexity index is 131. The summed E-state index contributed by atoms with van der Waals surface area (Å²) in [5.41, 5.74) is 0. The molecule has 0 spiro atoms. The van der Waals surface area contributed by atoms with E-state index < -0.39 is 7.26 Å². The molecule has 0 aliphatic heterocycles. The van der Waals surface area contributed by atoms with Gasteiger partial charge in [-0.05, 0) is 26.7 Å². The molecule has 0 aromatic carbocycles. The molecule has 0 atom stereocenters. The summed E-state index contributed by atoms with van der Waals surface area (Å²) in [6.07, 6.45) is 4.91. The Morgan fingerprint density at radius 1 is 1.27 bits per heavy atom. The molecule has 1 rings (SSSR count). The minimum atomic E-state index is -0.956. The smallest absolute Gasteiger partial charge is 0.0312 e. The van der Waals surface area contributed by atoms with Crippen LogP contribution in [-0.2, 0) is 0 Å². The van der Waals surface area contributed by atoms with E-state index in [4.69, 9.17) is 15.7 Å². The number of hydrogen-bond donors (Lipinski definition) is 0. The quantitative estimate of drug-likeness (QED) is 0.440. The van der Waals surface area contributed by atoms with Gasteiger partial charge in [-0.25, -0.2) is 0 Å². The Hall–Kier alpha value is 0.560. The van der Waals surface area contributed by atoms with Crippen LogP contribution in [0.5, 0.6) is 0 Å². The minimum absolute atomic E-state index is 0.200. The van der Waals surface area contributed by atoms with Crippen LogP contribution < -0.4 is 0 Å². The van der Waals surface area contributed by atoms with Crippen LogP contribution in [0, 0.1) is 0 Å². The van der Waals surface area contributed by atoms with Crippen LogP contribution in [0.15, 0.2) is 0 Å². The van der Waals surface area contributed by atoms with Gasteiger partial charge in [-0.15, -0.1) is 0 Å². The highest BCUT2D eigenvalue weighted by Gasteiger charge is 2.57. The molecular formula is C8H16B2P+. The predicted octanol–water partition coefficient (Wildman–Crippen LogP) is 1.83. The van der Waals surface area contributed by atoms with Gasteiger partial charge in [-0.3, -0.25) is 0 Å². The van der Waals surface area contributed by atoms with E-state index in [1.807, 2.05) is 0 Å². The first kappa shape index (κ1) is 9.65. The Labute approximate surface area is 73.7 Å². The summed E-state index contributed by atoms with van der Waals surface area (Å²) in [5, 5.41) is 0.200. The standard InChI is InChI=1S/C8H16B2P/c1-3-11(4-2,7-9)8(10)5-6-8/h3-7H2,1-2H3/q+1. The molecule has 0 bridgehead atoms. The topological polar surface area (TPSA) is 0 Å². The highest BCUT2D eigenvalue weighted by Crippen LogP contribution is 2.75. The molecule has 1 fully saturated rings. The van der Waals surface area contributed by atoms with E-state index in [1.54, 1.807) is 0 Å². The fraction of sp³-hybridized carbons (Fsp3) is 1.00. The van der Waals surface area contributed by atoms with Crippen LogP contribution in [0.3, 0.4) is 0 Å². The van der Waals surface area contributed by atoms with Gasteiger partial charge < -0.3 is 0 Å². The van der Waals surface area contributed by atoms with Gasteiger partial charge in [-0.1, -0.05) is 0 Å². The summed E-state index contributed by atoms with van der Waals surface area (Å²) in [5.74, 6) is 0. The second kappa shape index (κ2) is 3.13. The molecule has 0 amide bonds. The maximum absolute atomic E-state index is 6.23. The zero-order valence-corrected chi connectivity index (χ0v) is 8.53. The fourth-order valence-electron chi connectivity index (χ4n) is 1.90. The lowest BCUT2D eigenvalue weighted by molar-refractivity contribution is 1.21. The normalized spacial score (nSPS) is 21.6. The van der Waals surface area contributed by atoms with Crippen molar-refractivity contribution in [1.29, 1.82) is 0 Å². The molecular weight excluding hydrogens is 149 g/mol. The van der Waals surface area contributed by atoms with Crippen LogP contribution >= 0.6 is 7.26 Å². The van der Waals surface area contributed by atoms with E-state index in [2.05, 4.69) is 13.8 Å². The van der Waals surface area contributed by atoms with Crippen molar-refractivity contribution in [2.75, 3.05) is 18.4 Å². The van der Waals surface area contributed by atoms with Crippen molar-refractivity contribution in [2.24, 2.45) is 0 Å². The van der Waals surface area contributed by atoms with Crippen LogP contribution in [0.4, 0.5) is 0 Å². The first-order valence-electron chi connectivity index (χ1n) is 4.49. The molecule has 1 aliphatic carbocycles. The van der Waals surface area contributed by atoms with Gasteiger partial charge in [0, 0.05) is 18.4 Å². The van der Waals surface area contributed by atoms with Gasteiger partial charge in [0.1, 0.15) is 15.7 Å². The third-order valence-electron chi connectivity index (χ3n) is 3.27. The highest BCUT2D eigenvalue weighted by molar-refractivity contribution is 7.80. The Balaban J connectivity index is 2.71. The van der Waals surface area contributed by atoms with Gasteiger partial charge >= 0.3 is 0 Å². The number of hydrogen-bond acceptors (Lipinski definition) is 0.